The maximum atomic E-state index is 12.5. The number of hydrogen-bond acceptors (Lipinski definition) is 3. The van der Waals surface area contributed by atoms with E-state index in [0.29, 0.717) is 5.92 Å². The molecule has 3 fully saturated rings. The van der Waals surface area contributed by atoms with Gasteiger partial charge in [0.2, 0.25) is 0 Å². The molecule has 0 spiro atoms. The number of carbonyl (C=O) groups is 1. The van der Waals surface area contributed by atoms with Gasteiger partial charge in [-0.3, -0.25) is 14.9 Å². The van der Waals surface area contributed by atoms with Crippen LogP contribution in [-0.4, -0.2) is 16.9 Å². The molecule has 3 saturated carbocycles. The predicted octanol–water partition coefficient (Wildman–Crippen LogP) is 3.80. The van der Waals surface area contributed by atoms with Crippen molar-refractivity contribution in [1.29, 1.82) is 0 Å². The number of fused-ring (bicyclic) bond motifs is 5. The van der Waals surface area contributed by atoms with Crippen molar-refractivity contribution in [2.45, 2.75) is 38.1 Å². The van der Waals surface area contributed by atoms with Gasteiger partial charge in [-0.05, 0) is 55.4 Å². The summed E-state index contributed by atoms with van der Waals surface area (Å²) in [4.78, 5) is 22.9. The van der Waals surface area contributed by atoms with Gasteiger partial charge in [-0.15, -0.1) is 0 Å². The van der Waals surface area contributed by atoms with Crippen LogP contribution < -0.4 is 5.32 Å². The minimum atomic E-state index is -0.506. The monoisotopic (exact) mass is 334 g/mol. The lowest BCUT2D eigenvalue weighted by Crippen LogP contribution is -2.42. The summed E-state index contributed by atoms with van der Waals surface area (Å²) in [5.41, 5.74) is 0.0926. The molecule has 1 amide bonds. The lowest BCUT2D eigenvalue weighted by Gasteiger charge is -2.32. The van der Waals surface area contributed by atoms with Gasteiger partial charge in [0, 0.05) is 18.2 Å². The Bertz CT molecular complexity index is 678. The molecule has 5 atom stereocenters. The molecule has 3 aliphatic carbocycles. The van der Waals surface area contributed by atoms with E-state index in [9.17, 15) is 14.9 Å². The SMILES string of the molecule is O=C(NC1CC2CC1C1CCCC21)c1cc([N+](=O)[O-])ccc1Cl. The molecule has 1 aromatic carbocycles. The number of nitrogens with zero attached hydrogens (tertiary/aromatic N) is 1. The van der Waals surface area contributed by atoms with E-state index in [1.807, 2.05) is 0 Å². The molecule has 0 heterocycles. The highest BCUT2D eigenvalue weighted by molar-refractivity contribution is 6.33. The lowest BCUT2D eigenvalue weighted by atomic mass is 9.79. The highest BCUT2D eigenvalue weighted by Crippen LogP contribution is 2.58. The van der Waals surface area contributed by atoms with E-state index in [1.165, 1.54) is 43.9 Å². The molecule has 0 radical (unpaired) electrons. The molecule has 0 aromatic heterocycles. The zero-order chi connectivity index (χ0) is 16.1. The van der Waals surface area contributed by atoms with Gasteiger partial charge in [-0.2, -0.15) is 0 Å². The highest BCUT2D eigenvalue weighted by Gasteiger charge is 2.54. The molecule has 5 unspecified atom stereocenters. The van der Waals surface area contributed by atoms with Gasteiger partial charge in [0.25, 0.3) is 11.6 Å². The number of non-ortho nitro benzene ring substituents is 1. The molecule has 4 rings (SSSR count). The van der Waals surface area contributed by atoms with E-state index >= 15 is 0 Å². The van der Waals surface area contributed by atoms with Crippen LogP contribution in [-0.2, 0) is 0 Å². The second-order valence-electron chi connectivity index (χ2n) is 7.16. The summed E-state index contributed by atoms with van der Waals surface area (Å²) in [6, 6.07) is 4.20. The standard InChI is InChI=1S/C17H19ClN2O3/c18-15-5-4-10(20(22)23)8-14(15)17(21)19-16-7-9-6-13(16)12-3-1-2-11(9)12/h4-5,8-9,11-13,16H,1-3,6-7H2,(H,19,21). The van der Waals surface area contributed by atoms with Gasteiger partial charge in [-0.25, -0.2) is 0 Å². The van der Waals surface area contributed by atoms with Crippen molar-refractivity contribution in [3.8, 4) is 0 Å². The summed E-state index contributed by atoms with van der Waals surface area (Å²) in [5.74, 6) is 2.67. The number of carbonyl (C=O) groups excluding carboxylic acids is 1. The Morgan fingerprint density at radius 1 is 1.22 bits per heavy atom. The first-order valence-corrected chi connectivity index (χ1v) is 8.67. The average molecular weight is 335 g/mol. The number of rotatable bonds is 3. The second-order valence-corrected chi connectivity index (χ2v) is 7.56. The summed E-state index contributed by atoms with van der Waals surface area (Å²) in [5, 5.41) is 14.3. The average Bonchev–Trinajstić information content (AvgIpc) is 3.19. The number of halogens is 1. The van der Waals surface area contributed by atoms with E-state index in [2.05, 4.69) is 5.32 Å². The van der Waals surface area contributed by atoms with E-state index in [4.69, 9.17) is 11.6 Å². The van der Waals surface area contributed by atoms with Crippen molar-refractivity contribution in [1.82, 2.24) is 5.32 Å². The Kier molecular flexibility index (Phi) is 3.56. The topological polar surface area (TPSA) is 72.2 Å². The summed E-state index contributed by atoms with van der Waals surface area (Å²) in [7, 11) is 0. The zero-order valence-electron chi connectivity index (χ0n) is 12.7. The van der Waals surface area contributed by atoms with E-state index in [0.717, 1.165) is 24.2 Å². The van der Waals surface area contributed by atoms with Crippen LogP contribution in [0.15, 0.2) is 18.2 Å². The van der Waals surface area contributed by atoms with Crippen LogP contribution in [0.4, 0.5) is 5.69 Å². The van der Waals surface area contributed by atoms with E-state index < -0.39 is 4.92 Å². The molecule has 6 heteroatoms. The third-order valence-electron chi connectivity index (χ3n) is 6.15. The quantitative estimate of drug-likeness (QED) is 0.675. The molecule has 122 valence electrons. The summed E-state index contributed by atoms with van der Waals surface area (Å²) in [6.45, 7) is 0. The predicted molar refractivity (Wildman–Crippen MR) is 86.4 cm³/mol. The highest BCUT2D eigenvalue weighted by atomic mass is 35.5. The maximum Gasteiger partial charge on any atom is 0.270 e. The number of nitrogens with one attached hydrogen (secondary N) is 1. The first kappa shape index (κ1) is 14.9. The Balaban J connectivity index is 1.51. The molecule has 0 saturated heterocycles. The lowest BCUT2D eigenvalue weighted by molar-refractivity contribution is -0.384. The van der Waals surface area contributed by atoms with Gasteiger partial charge >= 0.3 is 0 Å². The smallest absolute Gasteiger partial charge is 0.270 e. The van der Waals surface area contributed by atoms with Crippen molar-refractivity contribution < 1.29 is 9.72 Å². The van der Waals surface area contributed by atoms with Crippen molar-refractivity contribution in [3.63, 3.8) is 0 Å². The Labute approximate surface area is 139 Å². The van der Waals surface area contributed by atoms with E-state index in [-0.39, 0.29) is 28.2 Å². The normalized spacial score (nSPS) is 34.4. The molecule has 23 heavy (non-hydrogen) atoms. The van der Waals surface area contributed by atoms with Gasteiger partial charge in [0.1, 0.15) is 0 Å². The molecule has 3 aliphatic rings. The van der Waals surface area contributed by atoms with Gasteiger partial charge in [-0.1, -0.05) is 18.0 Å². The fourth-order valence-corrected chi connectivity index (χ4v) is 5.48. The van der Waals surface area contributed by atoms with E-state index in [1.54, 1.807) is 0 Å². The number of nitro groups is 1. The molecular weight excluding hydrogens is 316 g/mol. The summed E-state index contributed by atoms with van der Waals surface area (Å²) >= 11 is 6.07. The third kappa shape index (κ3) is 2.42. The Hall–Kier alpha value is -1.62. The van der Waals surface area contributed by atoms with Crippen LogP contribution in [0.25, 0.3) is 0 Å². The minimum Gasteiger partial charge on any atom is -0.349 e. The Morgan fingerprint density at radius 2 is 2.00 bits per heavy atom. The van der Waals surface area contributed by atoms with Crippen LogP contribution in [0.3, 0.4) is 0 Å². The molecule has 1 aromatic rings. The largest absolute Gasteiger partial charge is 0.349 e. The van der Waals surface area contributed by atoms with Crippen LogP contribution >= 0.6 is 11.6 Å². The van der Waals surface area contributed by atoms with Crippen molar-refractivity contribution >= 4 is 23.2 Å². The molecule has 1 N–H and O–H groups in total. The molecular formula is C17H19ClN2O3. The van der Waals surface area contributed by atoms with Crippen LogP contribution in [0.2, 0.25) is 5.02 Å². The molecule has 0 aliphatic heterocycles. The van der Waals surface area contributed by atoms with Crippen molar-refractivity contribution in [3.05, 3.63) is 38.9 Å². The van der Waals surface area contributed by atoms with Crippen LogP contribution in [0, 0.1) is 33.8 Å². The van der Waals surface area contributed by atoms with Gasteiger partial charge < -0.3 is 5.32 Å². The third-order valence-corrected chi connectivity index (χ3v) is 6.48. The summed E-state index contributed by atoms with van der Waals surface area (Å²) < 4.78 is 0. The minimum absolute atomic E-state index is 0.108. The van der Waals surface area contributed by atoms with Crippen molar-refractivity contribution in [2.75, 3.05) is 0 Å². The fourth-order valence-electron chi connectivity index (χ4n) is 5.28. The van der Waals surface area contributed by atoms with Crippen LogP contribution in [0.1, 0.15) is 42.5 Å². The van der Waals surface area contributed by atoms with Crippen LogP contribution in [0.5, 0.6) is 0 Å². The number of nitro benzene ring substituents is 1. The molecule has 5 nitrogen and oxygen atoms in total. The first-order chi connectivity index (χ1) is 11.0. The maximum absolute atomic E-state index is 12.5. The Morgan fingerprint density at radius 3 is 2.78 bits per heavy atom. The molecule has 2 bridgehead atoms. The summed E-state index contributed by atoms with van der Waals surface area (Å²) in [6.07, 6.45) is 6.23. The number of hydrogen-bond donors (Lipinski definition) is 1. The zero-order valence-corrected chi connectivity index (χ0v) is 13.5. The van der Waals surface area contributed by atoms with Crippen molar-refractivity contribution in [2.24, 2.45) is 23.7 Å². The second kappa shape index (κ2) is 5.48. The first-order valence-electron chi connectivity index (χ1n) is 8.29. The van der Waals surface area contributed by atoms with Gasteiger partial charge in [0.05, 0.1) is 15.5 Å². The number of amides is 1. The number of benzene rings is 1. The van der Waals surface area contributed by atoms with Gasteiger partial charge in [0.15, 0.2) is 0 Å². The fraction of sp³-hybridized carbons (Fsp3) is 0.588.